The Balaban J connectivity index is 0.000000243. The molecule has 2 amide bonds. The molecule has 0 aliphatic heterocycles. The van der Waals surface area contributed by atoms with E-state index in [2.05, 4.69) is 42.7 Å². The van der Waals surface area contributed by atoms with Crippen LogP contribution in [-0.2, 0) is 11.1 Å². The van der Waals surface area contributed by atoms with Crippen LogP contribution in [0.1, 0.15) is 91.6 Å². The van der Waals surface area contributed by atoms with Crippen LogP contribution in [0.2, 0.25) is 0 Å². The summed E-state index contributed by atoms with van der Waals surface area (Å²) in [7, 11) is 0. The van der Waals surface area contributed by atoms with Crippen LogP contribution in [0, 0.1) is 5.82 Å². The van der Waals surface area contributed by atoms with Crippen LogP contribution in [0.4, 0.5) is 16.3 Å². The number of nitrogens with one attached hydrogen (secondary N) is 4. The maximum atomic E-state index is 13.7. The first-order chi connectivity index (χ1) is 21.4. The molecular formula is C33H41FN8O4. The molecule has 2 aromatic heterocycles. The highest BCUT2D eigenvalue weighted by atomic mass is 19.1. The van der Waals surface area contributed by atoms with Crippen LogP contribution in [0.5, 0.6) is 0 Å². The van der Waals surface area contributed by atoms with Crippen molar-refractivity contribution in [3.63, 3.8) is 0 Å². The number of nitrogens with zero attached hydrogens (tertiary/aromatic N) is 4. The third kappa shape index (κ3) is 8.37. The van der Waals surface area contributed by atoms with Crippen LogP contribution in [0.15, 0.2) is 79.4 Å². The number of anilines is 2. The smallest absolute Gasteiger partial charge is 0.277 e. The molecule has 0 unspecified atom stereocenters. The lowest BCUT2D eigenvalue weighted by molar-refractivity contribution is 0.0701. The van der Waals surface area contributed by atoms with E-state index in [1.165, 1.54) is 36.4 Å². The van der Waals surface area contributed by atoms with Gasteiger partial charge in [-0.25, -0.2) is 35.3 Å². The number of carbonyl (C=O) groups is 2. The van der Waals surface area contributed by atoms with Gasteiger partial charge in [0.1, 0.15) is 5.82 Å². The summed E-state index contributed by atoms with van der Waals surface area (Å²) in [5.41, 5.74) is 5.03. The van der Waals surface area contributed by atoms with Crippen molar-refractivity contribution in [1.82, 2.24) is 30.9 Å². The van der Waals surface area contributed by atoms with E-state index in [0.29, 0.717) is 11.9 Å². The zero-order valence-electron chi connectivity index (χ0n) is 23.8. The van der Waals surface area contributed by atoms with Crippen molar-refractivity contribution < 1.29 is 24.4 Å². The highest BCUT2D eigenvalue weighted by molar-refractivity contribution is 5.93. The monoisotopic (exact) mass is 632 g/mol. The highest BCUT2D eigenvalue weighted by Crippen LogP contribution is 2.47. The van der Waals surface area contributed by atoms with E-state index in [4.69, 9.17) is 10.4 Å². The highest BCUT2D eigenvalue weighted by Gasteiger charge is 2.44. The zero-order valence-corrected chi connectivity index (χ0v) is 23.8. The van der Waals surface area contributed by atoms with E-state index in [0.717, 1.165) is 50.5 Å². The van der Waals surface area contributed by atoms with Gasteiger partial charge in [-0.1, -0.05) is 76.6 Å². The average molecular weight is 633 g/mol. The second-order valence-electron chi connectivity index (χ2n) is 10.8. The van der Waals surface area contributed by atoms with Gasteiger partial charge in [0.25, 0.3) is 11.8 Å². The Labute approximate surface area is 267 Å². The number of hydrogen-bond donors (Lipinski definition) is 6. The largest absolute Gasteiger partial charge is 0.345 e. The standard InChI is InChI=1S/C17H19FN4O2.C14H14N4O2.2CH4/c18-14-6-4-5-13(9-14)17(7-2-1-3-8-17)21-16-19-10-12(11-20-16)15(23)22-24;19-12(18-20)10-8-15-13(16-9-10)17-14(6-7-14)11-4-2-1-3-5-11;;/h4-6,9-11,24H,1-3,7-8H2,(H,22,23)(H,19,20,21);1-5,8-9,20H,6-7H2,(H,18,19)(H,15,16,17);2*1H4. The zero-order chi connectivity index (χ0) is 31.0. The number of carbonyl (C=O) groups excluding carboxylic acids is 2. The molecule has 2 aliphatic carbocycles. The van der Waals surface area contributed by atoms with Crippen molar-refractivity contribution in [2.45, 2.75) is 70.9 Å². The van der Waals surface area contributed by atoms with Crippen molar-refractivity contribution in [3.05, 3.63) is 107 Å². The molecule has 0 spiro atoms. The SMILES string of the molecule is C.C.O=C(NO)c1cnc(NC2(c3cccc(F)c3)CCCCC2)nc1.O=C(NO)c1cnc(NC2(c3ccccc3)CC2)nc1. The van der Waals surface area contributed by atoms with Gasteiger partial charge in [-0.3, -0.25) is 20.0 Å². The summed E-state index contributed by atoms with van der Waals surface area (Å²) in [6.07, 6.45) is 12.4. The van der Waals surface area contributed by atoms with Crippen molar-refractivity contribution in [1.29, 1.82) is 0 Å². The Morgan fingerprint density at radius 3 is 1.52 bits per heavy atom. The molecule has 0 saturated heterocycles. The molecule has 2 fully saturated rings. The van der Waals surface area contributed by atoms with Gasteiger partial charge >= 0.3 is 0 Å². The summed E-state index contributed by atoms with van der Waals surface area (Å²) < 4.78 is 13.7. The Morgan fingerprint density at radius 2 is 1.09 bits per heavy atom. The maximum absolute atomic E-state index is 13.7. The lowest BCUT2D eigenvalue weighted by Crippen LogP contribution is -2.38. The van der Waals surface area contributed by atoms with Gasteiger partial charge in [0, 0.05) is 24.8 Å². The van der Waals surface area contributed by atoms with E-state index in [-0.39, 0.29) is 37.3 Å². The third-order valence-corrected chi connectivity index (χ3v) is 7.89. The molecular weight excluding hydrogens is 591 g/mol. The number of hydrogen-bond acceptors (Lipinski definition) is 10. The molecule has 2 saturated carbocycles. The average Bonchev–Trinajstić information content (AvgIpc) is 3.86. The van der Waals surface area contributed by atoms with Gasteiger partial charge in [-0.2, -0.15) is 0 Å². The fourth-order valence-electron chi connectivity index (χ4n) is 5.37. The van der Waals surface area contributed by atoms with Crippen molar-refractivity contribution in [3.8, 4) is 0 Å². The number of halogens is 1. The first-order valence-electron chi connectivity index (χ1n) is 14.3. The van der Waals surface area contributed by atoms with Gasteiger partial charge in [-0.05, 0) is 48.9 Å². The summed E-state index contributed by atoms with van der Waals surface area (Å²) in [6.45, 7) is 0. The number of aromatic nitrogens is 4. The minimum Gasteiger partial charge on any atom is -0.345 e. The fraction of sp³-hybridized carbons (Fsp3) is 0.333. The molecule has 0 radical (unpaired) electrons. The van der Waals surface area contributed by atoms with Gasteiger partial charge in [0.05, 0.1) is 22.2 Å². The number of amides is 2. The minimum absolute atomic E-state index is 0. The van der Waals surface area contributed by atoms with Gasteiger partial charge in [0.2, 0.25) is 11.9 Å². The van der Waals surface area contributed by atoms with Crippen LogP contribution < -0.4 is 21.6 Å². The Hall–Kier alpha value is -5.01. The number of hydroxylamine groups is 2. The minimum atomic E-state index is -0.668. The van der Waals surface area contributed by atoms with E-state index in [9.17, 15) is 14.0 Å². The van der Waals surface area contributed by atoms with Crippen LogP contribution in [-0.4, -0.2) is 42.2 Å². The van der Waals surface area contributed by atoms with E-state index < -0.39 is 17.4 Å². The first-order valence-corrected chi connectivity index (χ1v) is 14.3. The van der Waals surface area contributed by atoms with Crippen LogP contribution in [0.3, 0.4) is 0 Å². The maximum Gasteiger partial charge on any atom is 0.277 e. The molecule has 46 heavy (non-hydrogen) atoms. The lowest BCUT2D eigenvalue weighted by atomic mass is 9.76. The van der Waals surface area contributed by atoms with Gasteiger partial charge in [0.15, 0.2) is 0 Å². The molecule has 244 valence electrons. The summed E-state index contributed by atoms with van der Waals surface area (Å²) in [5, 5.41) is 23.8. The molecule has 13 heteroatoms. The molecule has 0 atom stereocenters. The summed E-state index contributed by atoms with van der Waals surface area (Å²) in [4.78, 5) is 39.0. The Morgan fingerprint density at radius 1 is 0.630 bits per heavy atom. The van der Waals surface area contributed by atoms with Gasteiger partial charge < -0.3 is 10.6 Å². The fourth-order valence-corrected chi connectivity index (χ4v) is 5.37. The van der Waals surface area contributed by atoms with E-state index in [1.807, 2.05) is 24.3 Å². The van der Waals surface area contributed by atoms with E-state index in [1.54, 1.807) is 23.1 Å². The third-order valence-electron chi connectivity index (χ3n) is 7.89. The Bertz CT molecular complexity index is 1560. The predicted molar refractivity (Wildman–Crippen MR) is 172 cm³/mol. The summed E-state index contributed by atoms with van der Waals surface area (Å²) in [5.74, 6) is -0.716. The number of rotatable bonds is 8. The van der Waals surface area contributed by atoms with Crippen molar-refractivity contribution >= 4 is 23.7 Å². The van der Waals surface area contributed by atoms with Crippen molar-refractivity contribution in [2.24, 2.45) is 0 Å². The van der Waals surface area contributed by atoms with Crippen LogP contribution >= 0.6 is 0 Å². The Kier molecular flexibility index (Phi) is 12.2. The lowest BCUT2D eigenvalue weighted by Gasteiger charge is -2.38. The molecule has 6 N–H and O–H groups in total. The normalized spacial score (nSPS) is 15.3. The molecule has 0 bridgehead atoms. The van der Waals surface area contributed by atoms with Crippen LogP contribution in [0.25, 0.3) is 0 Å². The number of benzene rings is 2. The summed E-state index contributed by atoms with van der Waals surface area (Å²) >= 11 is 0. The first kappa shape index (κ1) is 35.5. The van der Waals surface area contributed by atoms with E-state index >= 15 is 0 Å². The summed E-state index contributed by atoms with van der Waals surface area (Å²) in [6, 6.07) is 16.7. The molecule has 2 heterocycles. The molecule has 12 nitrogen and oxygen atoms in total. The molecule has 2 aliphatic rings. The van der Waals surface area contributed by atoms with Gasteiger partial charge in [-0.15, -0.1) is 0 Å². The molecule has 2 aromatic carbocycles. The topological polar surface area (TPSA) is 174 Å². The second-order valence-corrected chi connectivity index (χ2v) is 10.8. The van der Waals surface area contributed by atoms with Crippen molar-refractivity contribution in [2.75, 3.05) is 10.6 Å². The molecule has 4 aromatic rings. The quantitative estimate of drug-likeness (QED) is 0.100. The molecule has 6 rings (SSSR count). The predicted octanol–water partition coefficient (Wildman–Crippen LogP) is 5.98. The second kappa shape index (κ2) is 15.8.